The first kappa shape index (κ1) is 57.0. The number of esters is 2. The second-order valence-corrected chi connectivity index (χ2v) is 16.0. The third-order valence-electron chi connectivity index (χ3n) is 8.89. The van der Waals surface area contributed by atoms with Gasteiger partial charge in [-0.1, -0.05) is 150 Å². The van der Waals surface area contributed by atoms with E-state index in [2.05, 4.69) is 42.7 Å². The molecule has 6 N–H and O–H groups in total. The summed E-state index contributed by atoms with van der Waals surface area (Å²) in [6, 6.07) is 0. The van der Waals surface area contributed by atoms with Crippen molar-refractivity contribution < 1.29 is 63.1 Å². The summed E-state index contributed by atoms with van der Waals surface area (Å²) in [6.07, 6.45) is 36.4. The lowest BCUT2D eigenvalue weighted by molar-refractivity contribution is -0.161. The van der Waals surface area contributed by atoms with Crippen LogP contribution in [-0.4, -0.2) is 99.3 Å². The van der Waals surface area contributed by atoms with Crippen LogP contribution in [0.3, 0.4) is 0 Å². The van der Waals surface area contributed by atoms with E-state index >= 15 is 0 Å². The van der Waals surface area contributed by atoms with Crippen LogP contribution < -0.4 is 0 Å². The van der Waals surface area contributed by atoms with Gasteiger partial charge in [0, 0.05) is 12.8 Å². The van der Waals surface area contributed by atoms with Crippen LogP contribution in [0.1, 0.15) is 136 Å². The number of aliphatic hydroxyl groups excluding tert-OH is 5. The number of rotatable bonds is 39. The second kappa shape index (κ2) is 40.1. The maximum absolute atomic E-state index is 12.6. The maximum Gasteiger partial charge on any atom is 0.472 e. The van der Waals surface area contributed by atoms with Crippen molar-refractivity contribution in [3.05, 3.63) is 85.1 Å². The Morgan fingerprint density at radius 1 is 0.600 bits per heavy atom. The van der Waals surface area contributed by atoms with E-state index in [1.807, 2.05) is 12.2 Å². The van der Waals surface area contributed by atoms with Crippen LogP contribution in [0.4, 0.5) is 0 Å². The monoisotopic (exact) mass is 869 g/mol. The summed E-state index contributed by atoms with van der Waals surface area (Å²) >= 11 is 0. The summed E-state index contributed by atoms with van der Waals surface area (Å²) < 4.78 is 32.4. The molecule has 0 aromatic heterocycles. The fourth-order valence-corrected chi connectivity index (χ4v) is 6.12. The lowest BCUT2D eigenvalue weighted by Gasteiger charge is -2.20. The minimum Gasteiger partial charge on any atom is -0.462 e. The number of allylic oxidation sites excluding steroid dienone is 12. The lowest BCUT2D eigenvalue weighted by atomic mass is 10.1. The van der Waals surface area contributed by atoms with E-state index in [-0.39, 0.29) is 25.7 Å². The lowest BCUT2D eigenvalue weighted by Crippen LogP contribution is -2.30. The molecule has 344 valence electrons. The zero-order valence-corrected chi connectivity index (χ0v) is 37.1. The predicted molar refractivity (Wildman–Crippen MR) is 237 cm³/mol. The number of carbonyl (C=O) groups excluding carboxylic acids is 2. The standard InChI is InChI=1S/C46H77O13P/c1-3-5-7-8-9-10-11-12-13-14-15-16-17-18-19-24-28-34-46(53)59-42(39-58-60(54,55)57-37-41(49)36-47)38-56-45(52)35-29-33-44(51)43(50)32-27-23-21-20-22-26-31-40(48)30-25-6-4-2/h12-13,15-16,18-23,26-27,31-32,40-44,47-51H,3-11,14,17,24-25,28-30,33-39H2,1-2H3,(H,54,55)/b13-12-,16-15-,19-18-,22-20-,23-21+,31-26+,32-27+/t40-,41+,42-,43-,44-/m1/s1. The fourth-order valence-electron chi connectivity index (χ4n) is 5.33. The zero-order chi connectivity index (χ0) is 44.5. The Bertz CT molecular complexity index is 1320. The van der Waals surface area contributed by atoms with Crippen molar-refractivity contribution in [2.75, 3.05) is 26.4 Å². The van der Waals surface area contributed by atoms with Crippen molar-refractivity contribution in [3.63, 3.8) is 0 Å². The Labute approximate surface area is 359 Å². The van der Waals surface area contributed by atoms with Crippen LogP contribution in [0.2, 0.25) is 0 Å². The molecule has 0 heterocycles. The van der Waals surface area contributed by atoms with Gasteiger partial charge in [0.2, 0.25) is 0 Å². The second-order valence-electron chi connectivity index (χ2n) is 14.6. The van der Waals surface area contributed by atoms with Gasteiger partial charge in [0.15, 0.2) is 6.10 Å². The first-order chi connectivity index (χ1) is 28.9. The van der Waals surface area contributed by atoms with Crippen LogP contribution in [0.25, 0.3) is 0 Å². The Morgan fingerprint density at radius 2 is 1.15 bits per heavy atom. The average Bonchev–Trinajstić information content (AvgIpc) is 3.22. The summed E-state index contributed by atoms with van der Waals surface area (Å²) in [5, 5.41) is 48.8. The number of phosphoric acid groups is 1. The van der Waals surface area contributed by atoms with Gasteiger partial charge < -0.3 is 39.9 Å². The SMILES string of the molecule is CCCCCCCC/C=C\C/C=C\C/C=C\CCCC(=O)O[C@H](COC(=O)CCC[C@@H](O)[C@H](O)/C=C/C=C/C=C\C=C\[C@H](O)CCCCC)COP(=O)(O)OC[C@@H](O)CO. The minimum atomic E-state index is -4.72. The van der Waals surface area contributed by atoms with E-state index < -0.39 is 76.7 Å². The van der Waals surface area contributed by atoms with Crippen molar-refractivity contribution in [2.45, 2.75) is 166 Å². The van der Waals surface area contributed by atoms with Gasteiger partial charge in [0.1, 0.15) is 12.7 Å². The molecule has 60 heavy (non-hydrogen) atoms. The van der Waals surface area contributed by atoms with Gasteiger partial charge in [0.05, 0.1) is 38.1 Å². The maximum atomic E-state index is 12.6. The Hall–Kier alpha value is -2.97. The highest BCUT2D eigenvalue weighted by Gasteiger charge is 2.27. The van der Waals surface area contributed by atoms with Gasteiger partial charge in [-0.05, 0) is 57.8 Å². The fraction of sp³-hybridized carbons (Fsp3) is 0.652. The van der Waals surface area contributed by atoms with E-state index in [1.165, 1.54) is 44.6 Å². The summed E-state index contributed by atoms with van der Waals surface area (Å²) in [6.45, 7) is 1.80. The molecule has 0 aromatic carbocycles. The summed E-state index contributed by atoms with van der Waals surface area (Å²) in [7, 11) is -4.72. The van der Waals surface area contributed by atoms with Crippen molar-refractivity contribution in [1.29, 1.82) is 0 Å². The highest BCUT2D eigenvalue weighted by Crippen LogP contribution is 2.43. The molecule has 14 heteroatoms. The quantitative estimate of drug-likeness (QED) is 0.0113. The van der Waals surface area contributed by atoms with Crippen LogP contribution in [0.5, 0.6) is 0 Å². The largest absolute Gasteiger partial charge is 0.472 e. The summed E-state index contributed by atoms with van der Waals surface area (Å²) in [5.41, 5.74) is 0. The molecule has 0 aliphatic carbocycles. The summed E-state index contributed by atoms with van der Waals surface area (Å²) in [4.78, 5) is 35.0. The van der Waals surface area contributed by atoms with E-state index in [1.54, 1.807) is 42.5 Å². The molecule has 0 radical (unpaired) electrons. The van der Waals surface area contributed by atoms with Crippen molar-refractivity contribution in [2.24, 2.45) is 0 Å². The number of ether oxygens (including phenoxy) is 2. The molecule has 0 saturated heterocycles. The zero-order valence-electron chi connectivity index (χ0n) is 36.2. The van der Waals surface area contributed by atoms with E-state index in [0.717, 1.165) is 44.9 Å². The minimum absolute atomic E-state index is 0.0345. The number of carbonyl (C=O) groups is 2. The first-order valence-electron chi connectivity index (χ1n) is 21.9. The van der Waals surface area contributed by atoms with Gasteiger partial charge >= 0.3 is 19.8 Å². The molecule has 0 saturated carbocycles. The van der Waals surface area contributed by atoms with Gasteiger partial charge in [-0.25, -0.2) is 4.57 Å². The smallest absolute Gasteiger partial charge is 0.462 e. The van der Waals surface area contributed by atoms with E-state index in [0.29, 0.717) is 12.8 Å². The first-order valence-corrected chi connectivity index (χ1v) is 23.4. The van der Waals surface area contributed by atoms with E-state index in [4.69, 9.17) is 19.1 Å². The van der Waals surface area contributed by atoms with Gasteiger partial charge in [-0.2, -0.15) is 0 Å². The molecule has 0 bridgehead atoms. The van der Waals surface area contributed by atoms with Crippen LogP contribution in [0.15, 0.2) is 85.1 Å². The number of aliphatic hydroxyl groups is 5. The van der Waals surface area contributed by atoms with Gasteiger partial charge in [0.25, 0.3) is 0 Å². The van der Waals surface area contributed by atoms with Gasteiger partial charge in [-0.15, -0.1) is 0 Å². The topological polar surface area (TPSA) is 210 Å². The van der Waals surface area contributed by atoms with Crippen LogP contribution in [-0.2, 0) is 32.7 Å². The van der Waals surface area contributed by atoms with Gasteiger partial charge in [-0.3, -0.25) is 18.6 Å². The van der Waals surface area contributed by atoms with Crippen molar-refractivity contribution in [1.82, 2.24) is 0 Å². The molecule has 0 rings (SSSR count). The summed E-state index contributed by atoms with van der Waals surface area (Å²) in [5.74, 6) is -1.32. The molecule has 0 aliphatic heterocycles. The Kier molecular flexibility index (Phi) is 38.1. The normalized spacial score (nSPS) is 16.2. The van der Waals surface area contributed by atoms with Crippen molar-refractivity contribution >= 4 is 19.8 Å². The number of phosphoric ester groups is 1. The molecule has 6 atom stereocenters. The molecule has 0 spiro atoms. The number of unbranched alkanes of at least 4 members (excludes halogenated alkanes) is 9. The molecule has 0 amide bonds. The predicted octanol–water partition coefficient (Wildman–Crippen LogP) is 8.36. The number of hydrogen-bond acceptors (Lipinski definition) is 12. The van der Waals surface area contributed by atoms with Crippen LogP contribution in [0, 0.1) is 0 Å². The van der Waals surface area contributed by atoms with Crippen molar-refractivity contribution in [3.8, 4) is 0 Å². The third-order valence-corrected chi connectivity index (χ3v) is 9.84. The highest BCUT2D eigenvalue weighted by molar-refractivity contribution is 7.47. The molecule has 0 aromatic rings. The van der Waals surface area contributed by atoms with Crippen LogP contribution >= 0.6 is 7.82 Å². The molecule has 0 aliphatic rings. The average molecular weight is 869 g/mol. The molecule has 13 nitrogen and oxygen atoms in total. The Morgan fingerprint density at radius 3 is 1.82 bits per heavy atom. The number of hydrogen-bond donors (Lipinski definition) is 6. The Balaban J connectivity index is 4.72. The third kappa shape index (κ3) is 38.0. The molecular formula is C46H77O13P. The molecule has 1 unspecified atom stereocenters. The molecule has 0 fully saturated rings. The van der Waals surface area contributed by atoms with E-state index in [9.17, 15) is 39.5 Å². The highest BCUT2D eigenvalue weighted by atomic mass is 31.2. The molecular weight excluding hydrogens is 791 g/mol.